The van der Waals surface area contributed by atoms with Gasteiger partial charge in [-0.15, -0.1) is 0 Å². The largest absolute Gasteiger partial charge is 0.445 e. The molecule has 0 radical (unpaired) electrons. The molecule has 7 nitrogen and oxygen atoms in total. The molecule has 2 aromatic rings. The maximum atomic E-state index is 13.5. The minimum atomic E-state index is -0.742. The average Bonchev–Trinajstić information content (AvgIpc) is 3.40. The average molecular weight is 454 g/mol. The van der Waals surface area contributed by atoms with Crippen molar-refractivity contribution < 1.29 is 13.9 Å². The molecule has 1 saturated heterocycles. The van der Waals surface area contributed by atoms with Gasteiger partial charge in [-0.25, -0.2) is 9.18 Å². The minimum Gasteiger partial charge on any atom is -0.445 e. The Bertz CT molecular complexity index is 1020. The Kier molecular flexibility index (Phi) is 6.44. The zero-order valence-corrected chi connectivity index (χ0v) is 19.4. The number of piperidine rings is 1. The highest BCUT2D eigenvalue weighted by molar-refractivity contribution is 5.64. The number of amides is 1. The van der Waals surface area contributed by atoms with Crippen molar-refractivity contribution in [2.24, 2.45) is 11.1 Å². The molecule has 1 saturated carbocycles. The second kappa shape index (κ2) is 9.14. The van der Waals surface area contributed by atoms with E-state index in [1.165, 1.54) is 12.1 Å². The van der Waals surface area contributed by atoms with Crippen molar-refractivity contribution in [1.82, 2.24) is 14.7 Å². The van der Waals surface area contributed by atoms with Gasteiger partial charge in [-0.2, -0.15) is 10.4 Å². The van der Waals surface area contributed by atoms with Crippen LogP contribution in [0.4, 0.5) is 9.18 Å². The summed E-state index contributed by atoms with van der Waals surface area (Å²) in [6, 6.07) is 9.06. The van der Waals surface area contributed by atoms with Gasteiger partial charge in [0.25, 0.3) is 0 Å². The van der Waals surface area contributed by atoms with Crippen LogP contribution < -0.4 is 5.73 Å². The summed E-state index contributed by atoms with van der Waals surface area (Å²) in [6.07, 6.45) is 5.75. The summed E-state index contributed by atoms with van der Waals surface area (Å²) in [6.45, 7) is 7.37. The molecule has 0 bridgehead atoms. The molecule has 5 atom stereocenters. The summed E-state index contributed by atoms with van der Waals surface area (Å²) in [5, 5.41) is 13.8. The first kappa shape index (κ1) is 23.2. The van der Waals surface area contributed by atoms with Crippen LogP contribution in [0.5, 0.6) is 0 Å². The fourth-order valence-corrected chi connectivity index (χ4v) is 5.90. The smallest absolute Gasteiger partial charge is 0.404 e. The van der Waals surface area contributed by atoms with Gasteiger partial charge in [-0.3, -0.25) is 9.58 Å². The number of nitriles is 1. The Morgan fingerprint density at radius 1 is 1.24 bits per heavy atom. The van der Waals surface area contributed by atoms with Crippen LogP contribution in [0.2, 0.25) is 0 Å². The molecule has 33 heavy (non-hydrogen) atoms. The Labute approximate surface area is 194 Å². The van der Waals surface area contributed by atoms with Crippen molar-refractivity contribution in [2.75, 3.05) is 6.54 Å². The lowest BCUT2D eigenvalue weighted by Crippen LogP contribution is -2.60. The zero-order chi connectivity index (χ0) is 23.8. The standard InChI is InChI=1S/C25H32FN5O2/c1-25(2,3)23-22(33-24(28)32)5-4-10-30(23)20-11-18(17-6-8-19(26)9-7-17)12-21(20)31-15-16(13-27)14-29-31/h6-9,14-15,18,20-23H,4-5,10-12H2,1-3H3,(H2,28,32)/t18?,20?,21?,22-,23?/m1/s1. The molecule has 1 aromatic heterocycles. The zero-order valence-electron chi connectivity index (χ0n) is 19.4. The highest BCUT2D eigenvalue weighted by atomic mass is 19.1. The number of hydrogen-bond donors (Lipinski definition) is 1. The summed E-state index contributed by atoms with van der Waals surface area (Å²) in [5.74, 6) is -0.0146. The van der Waals surface area contributed by atoms with Crippen LogP contribution in [0.25, 0.3) is 0 Å². The molecular weight excluding hydrogens is 421 g/mol. The van der Waals surface area contributed by atoms with Crippen molar-refractivity contribution >= 4 is 6.09 Å². The Morgan fingerprint density at radius 2 is 1.94 bits per heavy atom. The third kappa shape index (κ3) is 4.88. The fourth-order valence-electron chi connectivity index (χ4n) is 5.90. The van der Waals surface area contributed by atoms with Gasteiger partial charge < -0.3 is 10.5 Å². The fraction of sp³-hybridized carbons (Fsp3) is 0.560. The molecule has 0 spiro atoms. The number of carbonyl (C=O) groups is 1. The number of halogens is 1. The molecule has 1 aliphatic carbocycles. The van der Waals surface area contributed by atoms with E-state index < -0.39 is 6.09 Å². The van der Waals surface area contributed by atoms with Gasteiger partial charge in [0.15, 0.2) is 0 Å². The van der Waals surface area contributed by atoms with E-state index in [0.717, 1.165) is 37.8 Å². The van der Waals surface area contributed by atoms with Crippen LogP contribution in [0.3, 0.4) is 0 Å². The van der Waals surface area contributed by atoms with Crippen LogP contribution in [-0.2, 0) is 4.74 Å². The summed E-state index contributed by atoms with van der Waals surface area (Å²) >= 11 is 0. The van der Waals surface area contributed by atoms with Crippen molar-refractivity contribution in [3.8, 4) is 6.07 Å². The third-order valence-corrected chi connectivity index (χ3v) is 7.10. The van der Waals surface area contributed by atoms with Gasteiger partial charge in [-0.05, 0) is 61.3 Å². The minimum absolute atomic E-state index is 0.00998. The summed E-state index contributed by atoms with van der Waals surface area (Å²) in [7, 11) is 0. The lowest BCUT2D eigenvalue weighted by Gasteiger charge is -2.50. The van der Waals surface area contributed by atoms with Crippen molar-refractivity contribution in [1.29, 1.82) is 5.26 Å². The first-order valence-corrected chi connectivity index (χ1v) is 11.6. The van der Waals surface area contributed by atoms with E-state index in [0.29, 0.717) is 5.56 Å². The van der Waals surface area contributed by atoms with E-state index >= 15 is 0 Å². The van der Waals surface area contributed by atoms with E-state index in [-0.39, 0.29) is 41.4 Å². The van der Waals surface area contributed by atoms with Gasteiger partial charge in [-0.1, -0.05) is 32.9 Å². The Balaban J connectivity index is 1.71. The molecule has 4 rings (SSSR count). The van der Waals surface area contributed by atoms with Crippen LogP contribution in [0.15, 0.2) is 36.7 Å². The van der Waals surface area contributed by atoms with Gasteiger partial charge >= 0.3 is 6.09 Å². The van der Waals surface area contributed by atoms with Crippen LogP contribution in [0.1, 0.15) is 69.5 Å². The lowest BCUT2D eigenvalue weighted by atomic mass is 9.77. The monoisotopic (exact) mass is 453 g/mol. The number of primary amides is 1. The van der Waals surface area contributed by atoms with Gasteiger partial charge in [0.2, 0.25) is 0 Å². The van der Waals surface area contributed by atoms with Crippen LogP contribution >= 0.6 is 0 Å². The van der Waals surface area contributed by atoms with Gasteiger partial charge in [0.1, 0.15) is 18.0 Å². The number of aromatic nitrogens is 2. The lowest BCUT2D eigenvalue weighted by molar-refractivity contribution is -0.0700. The van der Waals surface area contributed by atoms with E-state index in [4.69, 9.17) is 10.5 Å². The highest BCUT2D eigenvalue weighted by Crippen LogP contribution is 2.47. The maximum absolute atomic E-state index is 13.5. The predicted octanol–water partition coefficient (Wildman–Crippen LogP) is 4.36. The number of benzene rings is 1. The molecule has 2 aliphatic rings. The van der Waals surface area contributed by atoms with Crippen LogP contribution in [-0.4, -0.2) is 45.5 Å². The molecule has 4 unspecified atom stereocenters. The summed E-state index contributed by atoms with van der Waals surface area (Å²) < 4.78 is 21.1. The molecule has 2 fully saturated rings. The van der Waals surface area contributed by atoms with E-state index in [9.17, 15) is 14.4 Å². The summed E-state index contributed by atoms with van der Waals surface area (Å²) in [5.41, 5.74) is 6.90. The number of rotatable bonds is 4. The topological polar surface area (TPSA) is 97.2 Å². The van der Waals surface area contributed by atoms with Crippen LogP contribution in [0, 0.1) is 22.6 Å². The second-order valence-electron chi connectivity index (χ2n) is 10.3. The number of hydrogen-bond acceptors (Lipinski definition) is 5. The van der Waals surface area contributed by atoms with Crippen molar-refractivity contribution in [3.05, 3.63) is 53.6 Å². The summed E-state index contributed by atoms with van der Waals surface area (Å²) in [4.78, 5) is 14.1. The Morgan fingerprint density at radius 3 is 2.55 bits per heavy atom. The molecule has 1 amide bonds. The normalized spacial score (nSPS) is 28.4. The van der Waals surface area contributed by atoms with Crippen molar-refractivity contribution in [2.45, 2.75) is 76.6 Å². The molecule has 2 heterocycles. The highest BCUT2D eigenvalue weighted by Gasteiger charge is 2.49. The number of carbonyl (C=O) groups excluding carboxylic acids is 1. The van der Waals surface area contributed by atoms with E-state index in [2.05, 4.69) is 36.8 Å². The number of ether oxygens (including phenoxy) is 1. The first-order chi connectivity index (χ1) is 15.7. The molecule has 176 valence electrons. The molecular formula is C25H32FN5O2. The maximum Gasteiger partial charge on any atom is 0.404 e. The molecule has 8 heteroatoms. The second-order valence-corrected chi connectivity index (χ2v) is 10.3. The quantitative estimate of drug-likeness (QED) is 0.742. The van der Waals surface area contributed by atoms with E-state index in [1.54, 1.807) is 12.4 Å². The van der Waals surface area contributed by atoms with Crippen molar-refractivity contribution in [3.63, 3.8) is 0 Å². The number of likely N-dealkylation sites (tertiary alicyclic amines) is 1. The predicted molar refractivity (Wildman–Crippen MR) is 122 cm³/mol. The molecule has 1 aliphatic heterocycles. The first-order valence-electron chi connectivity index (χ1n) is 11.6. The molecule has 1 aromatic carbocycles. The van der Waals surface area contributed by atoms with Gasteiger partial charge in [0.05, 0.1) is 23.8 Å². The number of nitrogens with two attached hydrogens (primary N) is 1. The SMILES string of the molecule is CC(C)(C)C1[C@H](OC(N)=O)CCCN1C1CC(c2ccc(F)cc2)CC1n1cc(C#N)cn1. The van der Waals surface area contributed by atoms with Gasteiger partial charge in [0, 0.05) is 12.2 Å². The van der Waals surface area contributed by atoms with E-state index in [1.807, 2.05) is 16.8 Å². The number of nitrogens with zero attached hydrogens (tertiary/aromatic N) is 4. The third-order valence-electron chi connectivity index (χ3n) is 7.10. The Hall–Kier alpha value is -2.92. The molecule has 2 N–H and O–H groups in total.